The predicted octanol–water partition coefficient (Wildman–Crippen LogP) is 0.620. The molecule has 0 saturated carbocycles. The largest absolute Gasteiger partial charge is 0.315 e. The van der Waals surface area contributed by atoms with E-state index in [2.05, 4.69) is 43.1 Å². The number of nitrogens with zero attached hydrogens (tertiary/aromatic N) is 2. The van der Waals surface area contributed by atoms with E-state index in [1.165, 1.54) is 32.6 Å². The molecule has 3 nitrogen and oxygen atoms in total. The van der Waals surface area contributed by atoms with Crippen molar-refractivity contribution in [2.75, 3.05) is 40.3 Å². The molecule has 2 unspecified atom stereocenters. The molecule has 0 spiro atoms. The lowest BCUT2D eigenvalue weighted by Gasteiger charge is -2.39. The quantitative estimate of drug-likeness (QED) is 0.716. The van der Waals surface area contributed by atoms with E-state index >= 15 is 0 Å². The summed E-state index contributed by atoms with van der Waals surface area (Å²) in [6, 6.07) is 1.30. The van der Waals surface area contributed by atoms with Crippen molar-refractivity contribution < 1.29 is 0 Å². The molecule has 0 radical (unpaired) electrons. The Kier molecular flexibility index (Phi) is 4.85. The third-order valence-electron chi connectivity index (χ3n) is 3.51. The van der Waals surface area contributed by atoms with Crippen LogP contribution in [0, 0.1) is 0 Å². The average Bonchev–Trinajstić information content (AvgIpc) is 2.20. The van der Waals surface area contributed by atoms with Crippen molar-refractivity contribution in [1.82, 2.24) is 15.1 Å². The molecule has 2 atom stereocenters. The Morgan fingerprint density at radius 3 is 2.21 bits per heavy atom. The summed E-state index contributed by atoms with van der Waals surface area (Å²) >= 11 is 0. The SMILES string of the molecule is CCC(NC)C(C)N1CCN(C)CC1. The van der Waals surface area contributed by atoms with Crippen LogP contribution in [0.2, 0.25) is 0 Å². The zero-order valence-electron chi connectivity index (χ0n) is 10.1. The normalized spacial score (nSPS) is 24.9. The van der Waals surface area contributed by atoms with Crippen LogP contribution in [0.25, 0.3) is 0 Å². The maximum Gasteiger partial charge on any atom is 0.0221 e. The highest BCUT2D eigenvalue weighted by Gasteiger charge is 2.23. The van der Waals surface area contributed by atoms with Gasteiger partial charge in [0.05, 0.1) is 0 Å². The van der Waals surface area contributed by atoms with Crippen LogP contribution in [0.5, 0.6) is 0 Å². The average molecular weight is 199 g/mol. The number of hydrogen-bond acceptors (Lipinski definition) is 3. The molecule has 0 aromatic heterocycles. The Bertz CT molecular complexity index is 149. The Morgan fingerprint density at radius 2 is 1.79 bits per heavy atom. The van der Waals surface area contributed by atoms with Crippen LogP contribution < -0.4 is 5.32 Å². The zero-order chi connectivity index (χ0) is 10.6. The smallest absolute Gasteiger partial charge is 0.0221 e. The lowest BCUT2D eigenvalue weighted by atomic mass is 10.1. The molecule has 1 aliphatic rings. The summed E-state index contributed by atoms with van der Waals surface area (Å²) in [6.07, 6.45) is 1.21. The van der Waals surface area contributed by atoms with Gasteiger partial charge in [0, 0.05) is 38.3 Å². The molecular weight excluding hydrogens is 174 g/mol. The van der Waals surface area contributed by atoms with Crippen LogP contribution in [0.3, 0.4) is 0 Å². The van der Waals surface area contributed by atoms with Gasteiger partial charge in [-0.1, -0.05) is 6.92 Å². The minimum absolute atomic E-state index is 0.637. The second-order valence-corrected chi connectivity index (χ2v) is 4.38. The van der Waals surface area contributed by atoms with Crippen LogP contribution in [-0.2, 0) is 0 Å². The minimum atomic E-state index is 0.637. The maximum absolute atomic E-state index is 3.40. The molecule has 1 heterocycles. The first-order valence-corrected chi connectivity index (χ1v) is 5.79. The standard InChI is InChI=1S/C11H25N3/c1-5-11(12-3)10(2)14-8-6-13(4)7-9-14/h10-12H,5-9H2,1-4H3. The second kappa shape index (κ2) is 5.69. The fourth-order valence-electron chi connectivity index (χ4n) is 2.27. The molecule has 1 aliphatic heterocycles. The number of hydrogen-bond donors (Lipinski definition) is 1. The molecule has 1 N–H and O–H groups in total. The van der Waals surface area contributed by atoms with E-state index in [-0.39, 0.29) is 0 Å². The molecule has 14 heavy (non-hydrogen) atoms. The van der Waals surface area contributed by atoms with Gasteiger partial charge in [0.2, 0.25) is 0 Å². The van der Waals surface area contributed by atoms with E-state index in [0.29, 0.717) is 12.1 Å². The molecule has 1 saturated heterocycles. The highest BCUT2D eigenvalue weighted by atomic mass is 15.3. The van der Waals surface area contributed by atoms with Gasteiger partial charge in [-0.15, -0.1) is 0 Å². The molecule has 0 bridgehead atoms. The first kappa shape index (κ1) is 12.0. The molecule has 0 aliphatic carbocycles. The van der Waals surface area contributed by atoms with Gasteiger partial charge in [-0.25, -0.2) is 0 Å². The second-order valence-electron chi connectivity index (χ2n) is 4.38. The first-order chi connectivity index (χ1) is 6.69. The van der Waals surface area contributed by atoms with Crippen LogP contribution >= 0.6 is 0 Å². The van der Waals surface area contributed by atoms with E-state index < -0.39 is 0 Å². The Hall–Kier alpha value is -0.120. The molecule has 0 aromatic carbocycles. The van der Waals surface area contributed by atoms with Crippen LogP contribution in [0.1, 0.15) is 20.3 Å². The van der Waals surface area contributed by atoms with Gasteiger partial charge in [0.15, 0.2) is 0 Å². The van der Waals surface area contributed by atoms with Crippen molar-refractivity contribution in [3.8, 4) is 0 Å². The molecule has 1 rings (SSSR count). The summed E-state index contributed by atoms with van der Waals surface area (Å²) in [6.45, 7) is 9.46. The number of nitrogens with one attached hydrogen (secondary N) is 1. The monoisotopic (exact) mass is 199 g/mol. The molecule has 0 aromatic rings. The maximum atomic E-state index is 3.40. The summed E-state index contributed by atoms with van der Waals surface area (Å²) in [5.74, 6) is 0. The van der Waals surface area contributed by atoms with Crippen LogP contribution in [0.4, 0.5) is 0 Å². The molecule has 0 amide bonds. The number of piperazine rings is 1. The van der Waals surface area contributed by atoms with E-state index in [4.69, 9.17) is 0 Å². The van der Waals surface area contributed by atoms with E-state index in [9.17, 15) is 0 Å². The summed E-state index contributed by atoms with van der Waals surface area (Å²) < 4.78 is 0. The zero-order valence-corrected chi connectivity index (χ0v) is 10.1. The fraction of sp³-hybridized carbons (Fsp3) is 1.00. The van der Waals surface area contributed by atoms with Gasteiger partial charge in [-0.05, 0) is 27.4 Å². The predicted molar refractivity (Wildman–Crippen MR) is 61.7 cm³/mol. The van der Waals surface area contributed by atoms with Crippen molar-refractivity contribution >= 4 is 0 Å². The topological polar surface area (TPSA) is 18.5 Å². The van der Waals surface area contributed by atoms with E-state index in [1.807, 2.05) is 0 Å². The molecule has 84 valence electrons. The van der Waals surface area contributed by atoms with Crippen molar-refractivity contribution in [3.05, 3.63) is 0 Å². The van der Waals surface area contributed by atoms with E-state index in [0.717, 1.165) is 0 Å². The van der Waals surface area contributed by atoms with Gasteiger partial charge >= 0.3 is 0 Å². The molecular formula is C11H25N3. The summed E-state index contributed by atoms with van der Waals surface area (Å²) in [5.41, 5.74) is 0. The highest BCUT2D eigenvalue weighted by molar-refractivity contribution is 4.82. The van der Waals surface area contributed by atoms with Crippen molar-refractivity contribution in [2.24, 2.45) is 0 Å². The third-order valence-corrected chi connectivity index (χ3v) is 3.51. The lowest BCUT2D eigenvalue weighted by molar-refractivity contribution is 0.0995. The number of likely N-dealkylation sites (N-methyl/N-ethyl adjacent to an activating group) is 2. The van der Waals surface area contributed by atoms with Gasteiger partial charge in [0.25, 0.3) is 0 Å². The Labute approximate surface area is 88.5 Å². The lowest BCUT2D eigenvalue weighted by Crippen LogP contribution is -2.54. The molecule has 1 fully saturated rings. The minimum Gasteiger partial charge on any atom is -0.315 e. The van der Waals surface area contributed by atoms with Gasteiger partial charge in [-0.3, -0.25) is 4.90 Å². The van der Waals surface area contributed by atoms with Crippen molar-refractivity contribution in [3.63, 3.8) is 0 Å². The van der Waals surface area contributed by atoms with Gasteiger partial charge in [0.1, 0.15) is 0 Å². The number of rotatable bonds is 4. The Morgan fingerprint density at radius 1 is 1.21 bits per heavy atom. The van der Waals surface area contributed by atoms with Crippen molar-refractivity contribution in [1.29, 1.82) is 0 Å². The van der Waals surface area contributed by atoms with E-state index in [1.54, 1.807) is 0 Å². The third kappa shape index (κ3) is 2.94. The summed E-state index contributed by atoms with van der Waals surface area (Å²) in [4.78, 5) is 5.01. The first-order valence-electron chi connectivity index (χ1n) is 5.79. The fourth-order valence-corrected chi connectivity index (χ4v) is 2.27. The summed E-state index contributed by atoms with van der Waals surface area (Å²) in [7, 11) is 4.28. The molecule has 3 heteroatoms. The van der Waals surface area contributed by atoms with Gasteiger partial charge < -0.3 is 10.2 Å². The van der Waals surface area contributed by atoms with Crippen LogP contribution in [0.15, 0.2) is 0 Å². The summed E-state index contributed by atoms with van der Waals surface area (Å²) in [5, 5.41) is 3.40. The van der Waals surface area contributed by atoms with Crippen molar-refractivity contribution in [2.45, 2.75) is 32.4 Å². The Balaban J connectivity index is 2.39. The van der Waals surface area contributed by atoms with Gasteiger partial charge in [-0.2, -0.15) is 0 Å². The van der Waals surface area contributed by atoms with Crippen LogP contribution in [-0.4, -0.2) is 62.2 Å². The highest BCUT2D eigenvalue weighted by Crippen LogP contribution is 2.10.